The van der Waals surface area contributed by atoms with Gasteiger partial charge in [-0.3, -0.25) is 14.5 Å². The van der Waals surface area contributed by atoms with Gasteiger partial charge in [0.2, 0.25) is 5.91 Å². The molecular weight excluding hydrogens is 324 g/mol. The zero-order valence-corrected chi connectivity index (χ0v) is 14.9. The minimum absolute atomic E-state index is 0.0805. The average molecular weight is 350 g/mol. The molecule has 3 saturated heterocycles. The quantitative estimate of drug-likeness (QED) is 0.837. The van der Waals surface area contributed by atoms with Gasteiger partial charge in [-0.1, -0.05) is 6.07 Å². The summed E-state index contributed by atoms with van der Waals surface area (Å²) in [5.41, 5.74) is 0. The van der Waals surface area contributed by atoms with Crippen LogP contribution in [0, 0.1) is 11.8 Å². The lowest BCUT2D eigenvalue weighted by molar-refractivity contribution is -0.199. The largest absolute Gasteiger partial charge is 0.377 e. The van der Waals surface area contributed by atoms with Crippen LogP contribution in [0.3, 0.4) is 0 Å². The maximum Gasteiger partial charge on any atom is 0.248 e. The van der Waals surface area contributed by atoms with Gasteiger partial charge in [0.15, 0.2) is 0 Å². The van der Waals surface area contributed by atoms with Crippen molar-refractivity contribution in [2.24, 2.45) is 11.8 Å². The highest BCUT2D eigenvalue weighted by molar-refractivity contribution is 7.09. The molecule has 0 spiro atoms. The molecule has 5 nitrogen and oxygen atoms in total. The first-order valence-corrected chi connectivity index (χ1v) is 9.97. The van der Waals surface area contributed by atoms with Crippen molar-refractivity contribution in [3.63, 3.8) is 0 Å². The van der Waals surface area contributed by atoms with E-state index in [1.807, 2.05) is 11.3 Å². The minimum atomic E-state index is 0.0805. The van der Waals surface area contributed by atoms with Gasteiger partial charge in [-0.25, -0.2) is 5.06 Å². The van der Waals surface area contributed by atoms with Crippen LogP contribution in [0.2, 0.25) is 0 Å². The Morgan fingerprint density at radius 3 is 3.08 bits per heavy atom. The Bertz CT molecular complexity index is 544. The van der Waals surface area contributed by atoms with E-state index in [0.29, 0.717) is 24.9 Å². The fraction of sp³-hybridized carbons (Fsp3) is 0.722. The number of likely N-dealkylation sites (tertiary alicyclic amines) is 1. The van der Waals surface area contributed by atoms with Gasteiger partial charge in [-0.05, 0) is 43.2 Å². The first-order chi connectivity index (χ1) is 11.8. The predicted octanol–water partition coefficient (Wildman–Crippen LogP) is 2.53. The van der Waals surface area contributed by atoms with Crippen molar-refractivity contribution >= 4 is 17.2 Å². The summed E-state index contributed by atoms with van der Waals surface area (Å²) in [6.45, 7) is 5.44. The van der Waals surface area contributed by atoms with Crippen LogP contribution >= 0.6 is 11.3 Å². The van der Waals surface area contributed by atoms with Crippen molar-refractivity contribution < 1.29 is 14.4 Å². The Labute approximate surface area is 147 Å². The molecule has 1 amide bonds. The first-order valence-electron chi connectivity index (χ1n) is 9.09. The standard InChI is InChI=1S/C18H26N2O3S/c21-18(20-6-1-2-8-23-20)10-17-16-5-7-19(11-14(16)13-22-17)12-15-4-3-9-24-15/h3-4,9,14,16-17H,1-2,5-8,10-13H2/t14-,16-,17-/m1/s1. The summed E-state index contributed by atoms with van der Waals surface area (Å²) in [4.78, 5) is 21.9. The van der Waals surface area contributed by atoms with E-state index in [1.54, 1.807) is 5.06 Å². The highest BCUT2D eigenvalue weighted by Gasteiger charge is 2.42. The molecule has 6 heteroatoms. The van der Waals surface area contributed by atoms with Crippen molar-refractivity contribution in [3.8, 4) is 0 Å². The molecule has 3 atom stereocenters. The number of hydrogen-bond acceptors (Lipinski definition) is 5. The van der Waals surface area contributed by atoms with Gasteiger partial charge in [0.25, 0.3) is 0 Å². The van der Waals surface area contributed by atoms with E-state index in [4.69, 9.17) is 9.57 Å². The molecule has 1 aromatic rings. The van der Waals surface area contributed by atoms with Crippen molar-refractivity contribution in [1.29, 1.82) is 0 Å². The number of piperidine rings is 1. The zero-order valence-electron chi connectivity index (χ0n) is 14.1. The molecule has 1 aromatic heterocycles. The van der Waals surface area contributed by atoms with Crippen LogP contribution in [0.15, 0.2) is 17.5 Å². The topological polar surface area (TPSA) is 42.0 Å². The molecule has 132 valence electrons. The first kappa shape index (κ1) is 16.5. The third-order valence-corrected chi connectivity index (χ3v) is 6.36. The van der Waals surface area contributed by atoms with E-state index in [2.05, 4.69) is 22.4 Å². The molecule has 3 fully saturated rings. The zero-order chi connectivity index (χ0) is 16.4. The number of amides is 1. The van der Waals surface area contributed by atoms with Gasteiger partial charge in [-0.15, -0.1) is 11.3 Å². The molecule has 0 N–H and O–H groups in total. The van der Waals surface area contributed by atoms with Crippen molar-refractivity contribution in [1.82, 2.24) is 9.96 Å². The molecule has 0 unspecified atom stereocenters. The van der Waals surface area contributed by atoms with E-state index in [0.717, 1.165) is 52.0 Å². The van der Waals surface area contributed by atoms with Gasteiger partial charge >= 0.3 is 0 Å². The molecule has 0 aromatic carbocycles. The van der Waals surface area contributed by atoms with Crippen molar-refractivity contribution in [2.45, 2.75) is 38.3 Å². The van der Waals surface area contributed by atoms with Crippen LogP contribution in [0.4, 0.5) is 0 Å². The van der Waals surface area contributed by atoms with Crippen LogP contribution in [0.1, 0.15) is 30.6 Å². The molecule has 0 aliphatic carbocycles. The highest BCUT2D eigenvalue weighted by Crippen LogP contribution is 2.36. The molecule has 4 heterocycles. The van der Waals surface area contributed by atoms with Gasteiger partial charge < -0.3 is 4.74 Å². The SMILES string of the molecule is O=C(C[C@H]1OC[C@H]2CN(Cc3cccs3)CC[C@H]21)N1CCCCO1. The maximum absolute atomic E-state index is 12.4. The number of nitrogens with zero attached hydrogens (tertiary/aromatic N) is 2. The molecule has 24 heavy (non-hydrogen) atoms. The van der Waals surface area contributed by atoms with E-state index in [-0.39, 0.29) is 12.0 Å². The van der Waals surface area contributed by atoms with Gasteiger partial charge in [0, 0.05) is 30.4 Å². The highest BCUT2D eigenvalue weighted by atomic mass is 32.1. The van der Waals surface area contributed by atoms with Gasteiger partial charge in [0.1, 0.15) is 0 Å². The summed E-state index contributed by atoms with van der Waals surface area (Å²) in [5, 5.41) is 3.71. The van der Waals surface area contributed by atoms with Crippen LogP contribution in [0.5, 0.6) is 0 Å². The Kier molecular flexibility index (Phi) is 5.17. The number of ether oxygens (including phenoxy) is 1. The summed E-state index contributed by atoms with van der Waals surface area (Å²) in [6.07, 6.45) is 3.79. The lowest BCUT2D eigenvalue weighted by atomic mass is 9.83. The van der Waals surface area contributed by atoms with Crippen LogP contribution in [-0.2, 0) is 20.9 Å². The van der Waals surface area contributed by atoms with Gasteiger partial charge in [0.05, 0.1) is 25.7 Å². The number of carbonyl (C=O) groups is 1. The third-order valence-electron chi connectivity index (χ3n) is 5.49. The monoisotopic (exact) mass is 350 g/mol. The maximum atomic E-state index is 12.4. The van der Waals surface area contributed by atoms with Crippen molar-refractivity contribution in [2.75, 3.05) is 32.8 Å². The smallest absolute Gasteiger partial charge is 0.248 e. The lowest BCUT2D eigenvalue weighted by Gasteiger charge is -2.35. The number of carbonyl (C=O) groups excluding carboxylic acids is 1. The Balaban J connectivity index is 1.29. The molecule has 0 bridgehead atoms. The van der Waals surface area contributed by atoms with E-state index in [1.165, 1.54) is 4.88 Å². The van der Waals surface area contributed by atoms with Gasteiger partial charge in [-0.2, -0.15) is 0 Å². The number of rotatable bonds is 4. The fourth-order valence-corrected chi connectivity index (χ4v) is 4.95. The number of thiophene rings is 1. The lowest BCUT2D eigenvalue weighted by Crippen LogP contribution is -2.42. The summed E-state index contributed by atoms with van der Waals surface area (Å²) < 4.78 is 6.02. The Morgan fingerprint density at radius 2 is 2.29 bits per heavy atom. The van der Waals surface area contributed by atoms with E-state index >= 15 is 0 Å². The van der Waals surface area contributed by atoms with Crippen molar-refractivity contribution in [3.05, 3.63) is 22.4 Å². The normalized spacial score (nSPS) is 31.2. The van der Waals surface area contributed by atoms with Crippen LogP contribution in [-0.4, -0.2) is 54.8 Å². The third kappa shape index (κ3) is 3.67. The fourth-order valence-electron chi connectivity index (χ4n) is 4.21. The average Bonchev–Trinajstić information content (AvgIpc) is 3.26. The van der Waals surface area contributed by atoms with E-state index in [9.17, 15) is 4.79 Å². The second-order valence-electron chi connectivity index (χ2n) is 7.14. The molecule has 3 aliphatic rings. The number of hydrogen-bond donors (Lipinski definition) is 0. The van der Waals surface area contributed by atoms with Crippen LogP contribution in [0.25, 0.3) is 0 Å². The summed E-state index contributed by atoms with van der Waals surface area (Å²) in [5.74, 6) is 1.19. The second-order valence-corrected chi connectivity index (χ2v) is 8.17. The molecule has 4 rings (SSSR count). The summed E-state index contributed by atoms with van der Waals surface area (Å²) >= 11 is 1.83. The number of hydroxylamine groups is 2. The van der Waals surface area contributed by atoms with E-state index < -0.39 is 0 Å². The Hall–Kier alpha value is -0.950. The minimum Gasteiger partial charge on any atom is -0.377 e. The Morgan fingerprint density at radius 1 is 1.33 bits per heavy atom. The summed E-state index contributed by atoms with van der Waals surface area (Å²) in [7, 11) is 0. The molecule has 0 radical (unpaired) electrons. The predicted molar refractivity (Wildman–Crippen MR) is 92.4 cm³/mol. The molecule has 3 aliphatic heterocycles. The molecular formula is C18H26N2O3S. The second kappa shape index (κ2) is 7.52. The number of fused-ring (bicyclic) bond motifs is 1. The van der Waals surface area contributed by atoms with Crippen LogP contribution < -0.4 is 0 Å². The summed E-state index contributed by atoms with van der Waals surface area (Å²) in [6, 6.07) is 4.33. The molecule has 0 saturated carbocycles.